The van der Waals surface area contributed by atoms with Crippen molar-refractivity contribution in [3.05, 3.63) is 24.3 Å². The van der Waals surface area contributed by atoms with Crippen LogP contribution < -0.4 is 10.1 Å². The van der Waals surface area contributed by atoms with Crippen LogP contribution in [-0.2, 0) is 4.79 Å². The maximum absolute atomic E-state index is 12.9. The van der Waals surface area contributed by atoms with Gasteiger partial charge < -0.3 is 10.1 Å². The molecule has 24 heavy (non-hydrogen) atoms. The first kappa shape index (κ1) is 18.6. The molecule has 1 saturated carbocycles. The monoisotopic (exact) mass is 343 g/mol. The van der Waals surface area contributed by atoms with Crippen molar-refractivity contribution in [1.82, 2.24) is 0 Å². The molecule has 0 aromatic heterocycles. The van der Waals surface area contributed by atoms with Crippen LogP contribution in [0, 0.1) is 11.8 Å². The molecule has 1 aromatic rings. The van der Waals surface area contributed by atoms with E-state index >= 15 is 0 Å². The first-order valence-electron chi connectivity index (χ1n) is 8.51. The third-order valence-electron chi connectivity index (χ3n) is 4.41. The molecule has 0 heterocycles. The van der Waals surface area contributed by atoms with Crippen molar-refractivity contribution in [3.8, 4) is 5.75 Å². The van der Waals surface area contributed by atoms with E-state index in [0.717, 1.165) is 12.8 Å². The number of rotatable bonds is 6. The molecule has 1 aliphatic carbocycles. The van der Waals surface area contributed by atoms with E-state index in [1.165, 1.54) is 0 Å². The number of carbonyl (C=O) groups is 1. The highest BCUT2D eigenvalue weighted by Crippen LogP contribution is 2.40. The fraction of sp³-hybridized carbons (Fsp3) is 0.611. The van der Waals surface area contributed by atoms with E-state index in [9.17, 15) is 18.0 Å². The van der Waals surface area contributed by atoms with Crippen molar-refractivity contribution >= 4 is 11.6 Å². The molecule has 1 aromatic carbocycles. The number of anilines is 1. The second kappa shape index (κ2) is 8.40. The lowest BCUT2D eigenvalue weighted by Gasteiger charge is -2.29. The first-order valence-corrected chi connectivity index (χ1v) is 8.51. The Kier molecular flexibility index (Phi) is 6.52. The van der Waals surface area contributed by atoms with Crippen LogP contribution in [0.2, 0.25) is 0 Å². The molecular weight excluding hydrogens is 319 g/mol. The van der Waals surface area contributed by atoms with Crippen LogP contribution in [0.3, 0.4) is 0 Å². The van der Waals surface area contributed by atoms with Crippen molar-refractivity contribution in [2.45, 2.75) is 51.6 Å². The maximum atomic E-state index is 12.9. The van der Waals surface area contributed by atoms with Gasteiger partial charge in [0.2, 0.25) is 5.91 Å². The van der Waals surface area contributed by atoms with Gasteiger partial charge in [0.1, 0.15) is 5.75 Å². The highest BCUT2D eigenvalue weighted by Gasteiger charge is 2.43. The summed E-state index contributed by atoms with van der Waals surface area (Å²) in [7, 11) is 0. The summed E-state index contributed by atoms with van der Waals surface area (Å²) >= 11 is 0. The first-order chi connectivity index (χ1) is 11.4. The van der Waals surface area contributed by atoms with Crippen LogP contribution in [0.1, 0.15) is 45.4 Å². The number of alkyl halides is 3. The summed E-state index contributed by atoms with van der Waals surface area (Å²) in [6.07, 6.45) is -1.42. The standard InChI is InChI=1S/C18H24F3NO2/c1-2-3-11-24-16-10-5-4-9-15(16)22-17(23)13-7-6-8-14(12-13)18(19,20)21/h4-5,9-10,13-14H,2-3,6-8,11-12H2,1H3,(H,22,23). The number of unbranched alkanes of at least 4 members (excludes halogenated alkanes) is 1. The van der Waals surface area contributed by atoms with Gasteiger partial charge in [-0.05, 0) is 37.8 Å². The lowest BCUT2D eigenvalue weighted by Crippen LogP contribution is -2.34. The van der Waals surface area contributed by atoms with E-state index < -0.39 is 18.0 Å². The Morgan fingerprint density at radius 1 is 1.29 bits per heavy atom. The Balaban J connectivity index is 1.99. The van der Waals surface area contributed by atoms with Gasteiger partial charge in [0.05, 0.1) is 18.2 Å². The lowest BCUT2D eigenvalue weighted by molar-refractivity contribution is -0.185. The minimum Gasteiger partial charge on any atom is -0.491 e. The molecule has 0 bridgehead atoms. The third kappa shape index (κ3) is 5.14. The molecule has 0 aliphatic heterocycles. The summed E-state index contributed by atoms with van der Waals surface area (Å²) in [4.78, 5) is 12.4. The molecule has 2 rings (SSSR count). The predicted molar refractivity (Wildman–Crippen MR) is 87.0 cm³/mol. The number of halogens is 3. The zero-order valence-electron chi connectivity index (χ0n) is 13.9. The molecule has 3 nitrogen and oxygen atoms in total. The second-order valence-corrected chi connectivity index (χ2v) is 6.29. The highest BCUT2D eigenvalue weighted by molar-refractivity contribution is 5.94. The normalized spacial score (nSPS) is 21.3. The topological polar surface area (TPSA) is 38.3 Å². The van der Waals surface area contributed by atoms with Gasteiger partial charge in [-0.3, -0.25) is 4.79 Å². The number of carbonyl (C=O) groups excluding carboxylic acids is 1. The molecule has 0 saturated heterocycles. The molecule has 2 unspecified atom stereocenters. The Bertz CT molecular complexity index is 545. The van der Waals surface area contributed by atoms with Crippen LogP contribution in [0.4, 0.5) is 18.9 Å². The summed E-state index contributed by atoms with van der Waals surface area (Å²) in [5.41, 5.74) is 0.521. The minimum absolute atomic E-state index is 0.115. The molecule has 1 amide bonds. The minimum atomic E-state index is -4.22. The summed E-state index contributed by atoms with van der Waals surface area (Å²) < 4.78 is 44.3. The predicted octanol–water partition coefficient (Wildman–Crippen LogP) is 5.17. The highest BCUT2D eigenvalue weighted by atomic mass is 19.4. The van der Waals surface area contributed by atoms with E-state index in [-0.39, 0.29) is 18.7 Å². The van der Waals surface area contributed by atoms with Gasteiger partial charge in [-0.15, -0.1) is 0 Å². The lowest BCUT2D eigenvalue weighted by atomic mass is 9.80. The zero-order valence-corrected chi connectivity index (χ0v) is 13.9. The second-order valence-electron chi connectivity index (χ2n) is 6.29. The summed E-state index contributed by atoms with van der Waals surface area (Å²) in [6.45, 7) is 2.60. The quantitative estimate of drug-likeness (QED) is 0.724. The van der Waals surface area contributed by atoms with Crippen LogP contribution in [0.15, 0.2) is 24.3 Å². The van der Waals surface area contributed by atoms with Gasteiger partial charge >= 0.3 is 6.18 Å². The van der Waals surface area contributed by atoms with Gasteiger partial charge in [-0.2, -0.15) is 13.2 Å². The third-order valence-corrected chi connectivity index (χ3v) is 4.41. The molecule has 134 valence electrons. The number of hydrogen-bond donors (Lipinski definition) is 1. The smallest absolute Gasteiger partial charge is 0.391 e. The Hall–Kier alpha value is -1.72. The van der Waals surface area contributed by atoms with Crippen molar-refractivity contribution in [2.24, 2.45) is 11.8 Å². The fourth-order valence-electron chi connectivity index (χ4n) is 2.98. The Morgan fingerprint density at radius 2 is 2.04 bits per heavy atom. The molecule has 1 aliphatic rings. The summed E-state index contributed by atoms with van der Waals surface area (Å²) in [5, 5.41) is 2.75. The maximum Gasteiger partial charge on any atom is 0.391 e. The van der Waals surface area contributed by atoms with Gasteiger partial charge in [-0.25, -0.2) is 0 Å². The van der Waals surface area contributed by atoms with Crippen molar-refractivity contribution in [2.75, 3.05) is 11.9 Å². The molecule has 1 fully saturated rings. The van der Waals surface area contributed by atoms with E-state index in [4.69, 9.17) is 4.74 Å². The number of ether oxygens (including phenoxy) is 1. The van der Waals surface area contributed by atoms with E-state index in [1.807, 2.05) is 0 Å². The van der Waals surface area contributed by atoms with Crippen LogP contribution >= 0.6 is 0 Å². The number of hydrogen-bond acceptors (Lipinski definition) is 2. The average molecular weight is 343 g/mol. The molecule has 1 N–H and O–H groups in total. The van der Waals surface area contributed by atoms with Crippen LogP contribution in [0.25, 0.3) is 0 Å². The Morgan fingerprint density at radius 3 is 2.75 bits per heavy atom. The van der Waals surface area contributed by atoms with Crippen LogP contribution in [-0.4, -0.2) is 18.7 Å². The molecular formula is C18H24F3NO2. The van der Waals surface area contributed by atoms with E-state index in [2.05, 4.69) is 12.2 Å². The number of para-hydroxylation sites is 2. The average Bonchev–Trinajstić information content (AvgIpc) is 2.56. The Labute approximate surface area is 140 Å². The van der Waals surface area contributed by atoms with Gasteiger partial charge in [0.25, 0.3) is 0 Å². The number of amides is 1. The number of nitrogens with one attached hydrogen (secondary N) is 1. The van der Waals surface area contributed by atoms with E-state index in [0.29, 0.717) is 30.9 Å². The largest absolute Gasteiger partial charge is 0.491 e. The van der Waals surface area contributed by atoms with Crippen molar-refractivity contribution < 1.29 is 22.7 Å². The summed E-state index contributed by atoms with van der Waals surface area (Å²) in [6, 6.07) is 7.03. The molecule has 6 heteroatoms. The van der Waals surface area contributed by atoms with Gasteiger partial charge in [0.15, 0.2) is 0 Å². The van der Waals surface area contributed by atoms with Crippen LogP contribution in [0.5, 0.6) is 5.75 Å². The molecule has 2 atom stereocenters. The summed E-state index contributed by atoms with van der Waals surface area (Å²) in [5.74, 6) is -1.77. The van der Waals surface area contributed by atoms with E-state index in [1.54, 1.807) is 24.3 Å². The van der Waals surface area contributed by atoms with Crippen molar-refractivity contribution in [1.29, 1.82) is 0 Å². The van der Waals surface area contributed by atoms with Crippen molar-refractivity contribution in [3.63, 3.8) is 0 Å². The fourth-order valence-corrected chi connectivity index (χ4v) is 2.98. The number of benzene rings is 1. The molecule has 0 radical (unpaired) electrons. The molecule has 0 spiro atoms. The van der Waals surface area contributed by atoms with Gasteiger partial charge in [-0.1, -0.05) is 31.9 Å². The zero-order chi connectivity index (χ0) is 17.6. The van der Waals surface area contributed by atoms with Gasteiger partial charge in [0, 0.05) is 5.92 Å². The SMILES string of the molecule is CCCCOc1ccccc1NC(=O)C1CCCC(C(F)(F)F)C1.